The Labute approximate surface area is 283 Å². The third kappa shape index (κ3) is 7.98. The highest BCUT2D eigenvalue weighted by Crippen LogP contribution is 2.32. The number of methoxy groups -OCH3 is 1. The molecule has 0 unspecified atom stereocenters. The Hall–Kier alpha value is -5.49. The van der Waals surface area contributed by atoms with Crippen LogP contribution in [0.1, 0.15) is 49.7 Å². The minimum Gasteiger partial charge on any atom is -0.467 e. The number of aliphatic hydroxyl groups is 1. The van der Waals surface area contributed by atoms with E-state index in [9.17, 15) is 19.6 Å². The van der Waals surface area contributed by atoms with Crippen LogP contribution in [0, 0.1) is 11.3 Å². The average Bonchev–Trinajstić information content (AvgIpc) is 3.16. The molecule has 254 valence electrons. The van der Waals surface area contributed by atoms with Crippen molar-refractivity contribution in [1.29, 1.82) is 5.26 Å². The molecule has 1 saturated heterocycles. The van der Waals surface area contributed by atoms with Gasteiger partial charge in [0, 0.05) is 80.5 Å². The third-order valence-electron chi connectivity index (χ3n) is 9.03. The summed E-state index contributed by atoms with van der Waals surface area (Å²) in [6.07, 6.45) is 11.1. The lowest BCUT2D eigenvalue weighted by Gasteiger charge is -2.37. The van der Waals surface area contributed by atoms with Crippen molar-refractivity contribution in [2.45, 2.75) is 62.8 Å². The number of hydrogen-bond donors (Lipinski definition) is 3. The first-order valence-electron chi connectivity index (χ1n) is 16.3. The standard InChI is InChI=1S/C34H38FN11O3/c1-49-32-40-20-26(21-41-32)25-18-38-31(39-19-25)46(33(48)42-16-23-5-3-2-4-6-23)28-9-7-27(8-10-28)43-30-37-17-24(15-36)29(44-30)45-13-11-34(35,22-47)12-14-45/h2-6,17-21,27-28,47H,7-14,16,22H2,1H3,(H,42,48)(H,37,43,44)/t27-,28-. The van der Waals surface area contributed by atoms with E-state index in [1.54, 1.807) is 29.7 Å². The second-order valence-corrected chi connectivity index (χ2v) is 12.2. The van der Waals surface area contributed by atoms with Gasteiger partial charge in [0.2, 0.25) is 11.9 Å². The maximum Gasteiger partial charge on any atom is 0.324 e. The zero-order valence-corrected chi connectivity index (χ0v) is 27.2. The van der Waals surface area contributed by atoms with Crippen molar-refractivity contribution < 1.29 is 19.0 Å². The van der Waals surface area contributed by atoms with Crippen LogP contribution in [0.2, 0.25) is 0 Å². The summed E-state index contributed by atoms with van der Waals surface area (Å²) in [6, 6.07) is 11.7. The van der Waals surface area contributed by atoms with Crippen LogP contribution in [0.15, 0.2) is 61.3 Å². The van der Waals surface area contributed by atoms with E-state index in [1.165, 1.54) is 13.3 Å². The van der Waals surface area contributed by atoms with E-state index in [0.717, 1.165) is 18.4 Å². The second kappa shape index (κ2) is 15.2. The molecule has 3 aromatic heterocycles. The first-order chi connectivity index (χ1) is 23.9. The number of nitriles is 1. The van der Waals surface area contributed by atoms with Gasteiger partial charge in [-0.2, -0.15) is 10.2 Å². The minimum absolute atomic E-state index is 0.0267. The van der Waals surface area contributed by atoms with Crippen molar-refractivity contribution in [2.24, 2.45) is 0 Å². The number of carbonyl (C=O) groups excluding carboxylic acids is 1. The van der Waals surface area contributed by atoms with Crippen molar-refractivity contribution in [2.75, 3.05) is 41.9 Å². The molecule has 14 nitrogen and oxygen atoms in total. The van der Waals surface area contributed by atoms with Crippen molar-refractivity contribution in [3.05, 3.63) is 72.4 Å². The molecular formula is C34H38FN11O3. The highest BCUT2D eigenvalue weighted by molar-refractivity contribution is 5.90. The predicted octanol–water partition coefficient (Wildman–Crippen LogP) is 4.04. The summed E-state index contributed by atoms with van der Waals surface area (Å²) in [5.74, 6) is 1.13. The van der Waals surface area contributed by atoms with Crippen LogP contribution < -0.4 is 25.2 Å². The summed E-state index contributed by atoms with van der Waals surface area (Å²) >= 11 is 0. The van der Waals surface area contributed by atoms with Crippen LogP contribution in [0.4, 0.5) is 26.9 Å². The highest BCUT2D eigenvalue weighted by Gasteiger charge is 2.35. The molecule has 4 heterocycles. The van der Waals surface area contributed by atoms with Gasteiger partial charge in [-0.1, -0.05) is 30.3 Å². The van der Waals surface area contributed by atoms with Crippen molar-refractivity contribution in [1.82, 2.24) is 35.2 Å². The Bertz CT molecular complexity index is 1740. The van der Waals surface area contributed by atoms with Crippen LogP contribution >= 0.6 is 0 Å². The molecule has 6 rings (SSSR count). The van der Waals surface area contributed by atoms with Crippen LogP contribution in [0.5, 0.6) is 6.01 Å². The van der Waals surface area contributed by atoms with E-state index < -0.39 is 12.3 Å². The van der Waals surface area contributed by atoms with Gasteiger partial charge in [0.25, 0.3) is 0 Å². The number of alkyl halides is 1. The molecule has 49 heavy (non-hydrogen) atoms. The Balaban J connectivity index is 1.14. The summed E-state index contributed by atoms with van der Waals surface area (Å²) in [6.45, 7) is 0.517. The van der Waals surface area contributed by atoms with Gasteiger partial charge in [0.05, 0.1) is 19.9 Å². The number of nitrogens with one attached hydrogen (secondary N) is 2. The Morgan fingerprint density at radius 3 is 2.29 bits per heavy atom. The van der Waals surface area contributed by atoms with Crippen molar-refractivity contribution >= 4 is 23.7 Å². The zero-order chi connectivity index (χ0) is 34.2. The number of carbonyl (C=O) groups is 1. The molecule has 15 heteroatoms. The number of nitrogens with zero attached hydrogens (tertiary/aromatic N) is 9. The van der Waals surface area contributed by atoms with Gasteiger partial charge >= 0.3 is 12.0 Å². The largest absolute Gasteiger partial charge is 0.467 e. The van der Waals surface area contributed by atoms with E-state index in [0.29, 0.717) is 66.9 Å². The fourth-order valence-corrected chi connectivity index (χ4v) is 6.14. The smallest absolute Gasteiger partial charge is 0.324 e. The number of aliphatic hydroxyl groups excluding tert-OH is 1. The van der Waals surface area contributed by atoms with Gasteiger partial charge in [-0.15, -0.1) is 0 Å². The molecule has 3 N–H and O–H groups in total. The quantitative estimate of drug-likeness (QED) is 0.221. The molecular weight excluding hydrogens is 629 g/mol. The highest BCUT2D eigenvalue weighted by atomic mass is 19.1. The first-order valence-corrected chi connectivity index (χ1v) is 16.3. The summed E-state index contributed by atoms with van der Waals surface area (Å²) in [7, 11) is 1.50. The number of hydrogen-bond acceptors (Lipinski definition) is 12. The topological polar surface area (TPSA) is 178 Å². The number of amides is 2. The van der Waals surface area contributed by atoms with E-state index in [1.807, 2.05) is 35.2 Å². The van der Waals surface area contributed by atoms with Gasteiger partial charge in [0.1, 0.15) is 17.3 Å². The number of aromatic nitrogens is 6. The summed E-state index contributed by atoms with van der Waals surface area (Å²) in [5, 5.41) is 25.5. The zero-order valence-electron chi connectivity index (χ0n) is 27.2. The Morgan fingerprint density at radius 1 is 1.02 bits per heavy atom. The number of halogens is 1. The third-order valence-corrected chi connectivity index (χ3v) is 9.03. The van der Waals surface area contributed by atoms with Gasteiger partial charge in [-0.25, -0.2) is 34.1 Å². The van der Waals surface area contributed by atoms with Crippen LogP contribution in [0.3, 0.4) is 0 Å². The number of benzene rings is 1. The molecule has 2 amide bonds. The Morgan fingerprint density at radius 2 is 1.67 bits per heavy atom. The summed E-state index contributed by atoms with van der Waals surface area (Å²) in [4.78, 5) is 43.7. The van der Waals surface area contributed by atoms with Gasteiger partial charge in [0.15, 0.2) is 5.82 Å². The number of ether oxygens (including phenoxy) is 1. The fraction of sp³-hybridized carbons (Fsp3) is 0.412. The molecule has 4 aromatic rings. The lowest BCUT2D eigenvalue weighted by atomic mass is 9.90. The SMILES string of the molecule is COc1ncc(-c2cnc(N(C(=O)NCc3ccccc3)[C@H]3CC[C@H](Nc4ncc(C#N)c(N5CCC(F)(CO)CC5)n4)CC3)nc2)cn1. The normalized spacial score (nSPS) is 18.6. The molecule has 0 radical (unpaired) electrons. The molecule has 1 aromatic carbocycles. The van der Waals surface area contributed by atoms with Crippen molar-refractivity contribution in [3.8, 4) is 23.2 Å². The van der Waals surface area contributed by atoms with Crippen LogP contribution in [-0.4, -0.2) is 85.6 Å². The Kier molecular flexibility index (Phi) is 10.3. The monoisotopic (exact) mass is 667 g/mol. The molecule has 2 fully saturated rings. The maximum atomic E-state index is 14.6. The first kappa shape index (κ1) is 33.4. The lowest BCUT2D eigenvalue weighted by Crippen LogP contribution is -2.49. The lowest BCUT2D eigenvalue weighted by molar-refractivity contribution is 0.0480. The number of urea groups is 1. The van der Waals surface area contributed by atoms with Crippen molar-refractivity contribution in [3.63, 3.8) is 0 Å². The molecule has 2 aliphatic rings. The molecule has 0 atom stereocenters. The second-order valence-electron chi connectivity index (χ2n) is 12.2. The summed E-state index contributed by atoms with van der Waals surface area (Å²) < 4.78 is 19.7. The van der Waals surface area contributed by atoms with Crippen LogP contribution in [0.25, 0.3) is 11.1 Å². The average molecular weight is 668 g/mol. The van der Waals surface area contributed by atoms with Gasteiger partial charge in [-0.05, 0) is 31.2 Å². The molecule has 0 spiro atoms. The van der Waals surface area contributed by atoms with Gasteiger partial charge < -0.3 is 25.4 Å². The van der Waals surface area contributed by atoms with E-state index >= 15 is 0 Å². The minimum atomic E-state index is -1.61. The summed E-state index contributed by atoms with van der Waals surface area (Å²) in [5.41, 5.74) is 1.09. The van der Waals surface area contributed by atoms with E-state index in [2.05, 4.69) is 46.6 Å². The van der Waals surface area contributed by atoms with Crippen LogP contribution in [-0.2, 0) is 6.54 Å². The maximum absolute atomic E-state index is 14.6. The molecule has 1 saturated carbocycles. The number of rotatable bonds is 10. The predicted molar refractivity (Wildman–Crippen MR) is 180 cm³/mol. The number of piperidine rings is 1. The molecule has 1 aliphatic carbocycles. The fourth-order valence-electron chi connectivity index (χ4n) is 6.14. The molecule has 0 bridgehead atoms. The molecule has 1 aliphatic heterocycles. The van der Waals surface area contributed by atoms with Gasteiger partial charge in [-0.3, -0.25) is 4.90 Å². The van der Waals surface area contributed by atoms with E-state index in [-0.39, 0.29) is 37.0 Å². The van der Waals surface area contributed by atoms with E-state index in [4.69, 9.17) is 4.74 Å². The number of anilines is 3.